The minimum atomic E-state index is -0.0595. The van der Waals surface area contributed by atoms with E-state index in [0.29, 0.717) is 5.56 Å². The zero-order valence-electron chi connectivity index (χ0n) is 11.8. The predicted molar refractivity (Wildman–Crippen MR) is 83.5 cm³/mol. The van der Waals surface area contributed by atoms with Crippen LogP contribution in [0.1, 0.15) is 30.8 Å². The summed E-state index contributed by atoms with van der Waals surface area (Å²) in [4.78, 5) is 7.81. The maximum Gasteiger partial charge on any atom is 0.124 e. The monoisotopic (exact) mass is 276 g/mol. The molecule has 4 nitrogen and oxygen atoms in total. The van der Waals surface area contributed by atoms with Gasteiger partial charge in [-0.05, 0) is 41.8 Å². The van der Waals surface area contributed by atoms with E-state index in [9.17, 15) is 0 Å². The van der Waals surface area contributed by atoms with Crippen molar-refractivity contribution in [3.05, 3.63) is 53.9 Å². The van der Waals surface area contributed by atoms with E-state index in [1.165, 1.54) is 0 Å². The number of hydrogen-bond donors (Lipinski definition) is 2. The molecule has 104 valence electrons. The average Bonchev–Trinajstić information content (AvgIpc) is 2.97. The van der Waals surface area contributed by atoms with Crippen LogP contribution in [0.25, 0.3) is 22.2 Å². The molecule has 21 heavy (non-hydrogen) atoms. The van der Waals surface area contributed by atoms with E-state index in [2.05, 4.69) is 22.1 Å². The minimum Gasteiger partial charge on any atom is -0.341 e. The molecule has 1 unspecified atom stereocenters. The number of aromatic amines is 1. The number of nitrogens with two attached hydrogens (primary N) is 1. The van der Waals surface area contributed by atoms with Gasteiger partial charge in [0.05, 0.1) is 28.7 Å². The Morgan fingerprint density at radius 2 is 1.90 bits per heavy atom. The highest BCUT2D eigenvalue weighted by atomic mass is 15.0. The van der Waals surface area contributed by atoms with Crippen molar-refractivity contribution in [3.63, 3.8) is 0 Å². The lowest BCUT2D eigenvalue weighted by molar-refractivity contribution is 0.660. The van der Waals surface area contributed by atoms with Crippen LogP contribution in [0.3, 0.4) is 0 Å². The molecule has 0 saturated carbocycles. The molecule has 0 aliphatic heterocycles. The normalized spacial score (nSPS) is 12.2. The molecule has 3 N–H and O–H groups in total. The highest BCUT2D eigenvalue weighted by molar-refractivity contribution is 5.82. The van der Waals surface area contributed by atoms with Crippen LogP contribution >= 0.6 is 0 Å². The Hall–Kier alpha value is -2.64. The van der Waals surface area contributed by atoms with Crippen LogP contribution in [0.2, 0.25) is 0 Å². The quantitative estimate of drug-likeness (QED) is 0.768. The Kier molecular flexibility index (Phi) is 3.43. The fourth-order valence-corrected chi connectivity index (χ4v) is 2.32. The summed E-state index contributed by atoms with van der Waals surface area (Å²) >= 11 is 0. The van der Waals surface area contributed by atoms with Crippen molar-refractivity contribution in [2.24, 2.45) is 5.73 Å². The Labute approximate surface area is 123 Å². The molecule has 1 heterocycles. The Morgan fingerprint density at radius 3 is 2.57 bits per heavy atom. The first kappa shape index (κ1) is 13.3. The smallest absolute Gasteiger partial charge is 0.124 e. The lowest BCUT2D eigenvalue weighted by atomic mass is 10.0. The molecule has 0 bridgehead atoms. The Morgan fingerprint density at radius 1 is 1.19 bits per heavy atom. The van der Waals surface area contributed by atoms with Crippen molar-refractivity contribution in [2.45, 2.75) is 19.4 Å². The maximum atomic E-state index is 8.84. The average molecular weight is 276 g/mol. The van der Waals surface area contributed by atoms with Gasteiger partial charge in [-0.3, -0.25) is 0 Å². The van der Waals surface area contributed by atoms with Gasteiger partial charge in [-0.25, -0.2) is 4.98 Å². The van der Waals surface area contributed by atoms with Gasteiger partial charge in [0.2, 0.25) is 0 Å². The number of imidazole rings is 1. The lowest BCUT2D eigenvalue weighted by Gasteiger charge is -2.02. The van der Waals surface area contributed by atoms with Gasteiger partial charge in [-0.15, -0.1) is 0 Å². The molecular formula is C17H16N4. The molecule has 3 rings (SSSR count). The van der Waals surface area contributed by atoms with E-state index < -0.39 is 0 Å². The summed E-state index contributed by atoms with van der Waals surface area (Å²) in [6, 6.07) is 15.7. The van der Waals surface area contributed by atoms with Crippen molar-refractivity contribution in [1.29, 1.82) is 5.26 Å². The molecule has 2 aromatic carbocycles. The van der Waals surface area contributed by atoms with Crippen LogP contribution in [0.4, 0.5) is 0 Å². The molecule has 0 aliphatic carbocycles. The van der Waals surface area contributed by atoms with E-state index in [1.807, 2.05) is 43.3 Å². The number of nitrogens with one attached hydrogen (secondary N) is 1. The molecule has 3 aromatic rings. The zero-order valence-corrected chi connectivity index (χ0v) is 11.8. The molecular weight excluding hydrogens is 260 g/mol. The topological polar surface area (TPSA) is 78.5 Å². The first-order valence-corrected chi connectivity index (χ1v) is 6.97. The van der Waals surface area contributed by atoms with Gasteiger partial charge in [0.25, 0.3) is 0 Å². The fourth-order valence-electron chi connectivity index (χ4n) is 2.32. The number of nitrogens with zero attached hydrogens (tertiary/aromatic N) is 2. The van der Waals surface area contributed by atoms with Crippen LogP contribution in [0.5, 0.6) is 0 Å². The Bertz CT molecular complexity index is 809. The van der Waals surface area contributed by atoms with Crippen molar-refractivity contribution < 1.29 is 0 Å². The maximum absolute atomic E-state index is 8.84. The molecule has 0 radical (unpaired) electrons. The van der Waals surface area contributed by atoms with Crippen molar-refractivity contribution >= 4 is 11.0 Å². The summed E-state index contributed by atoms with van der Waals surface area (Å²) in [5.41, 5.74) is 10.7. The molecule has 0 fully saturated rings. The molecule has 4 heteroatoms. The third-order valence-electron chi connectivity index (χ3n) is 3.64. The van der Waals surface area contributed by atoms with Gasteiger partial charge >= 0.3 is 0 Å². The number of nitriles is 1. The number of H-pyrrole nitrogens is 1. The van der Waals surface area contributed by atoms with Gasteiger partial charge < -0.3 is 10.7 Å². The van der Waals surface area contributed by atoms with Crippen LogP contribution in [-0.2, 0) is 0 Å². The molecule has 0 saturated heterocycles. The van der Waals surface area contributed by atoms with E-state index in [1.54, 1.807) is 0 Å². The number of benzene rings is 2. The van der Waals surface area contributed by atoms with E-state index in [4.69, 9.17) is 11.0 Å². The summed E-state index contributed by atoms with van der Waals surface area (Å²) in [7, 11) is 0. The molecule has 1 atom stereocenters. The van der Waals surface area contributed by atoms with Gasteiger partial charge in [0, 0.05) is 0 Å². The van der Waals surface area contributed by atoms with Gasteiger partial charge in [0.1, 0.15) is 5.82 Å². The van der Waals surface area contributed by atoms with Gasteiger partial charge in [-0.2, -0.15) is 5.26 Å². The summed E-state index contributed by atoms with van der Waals surface area (Å²) in [6.07, 6.45) is 0.850. The van der Waals surface area contributed by atoms with Gasteiger partial charge in [0.15, 0.2) is 0 Å². The SMILES string of the molecule is CCC(N)c1nc2ccc(-c3ccc(C#N)cc3)cc2[nH]1. The summed E-state index contributed by atoms with van der Waals surface area (Å²) in [5, 5.41) is 8.84. The minimum absolute atomic E-state index is 0.0595. The Balaban J connectivity index is 2.01. The van der Waals surface area contributed by atoms with Gasteiger partial charge in [-0.1, -0.05) is 25.1 Å². The van der Waals surface area contributed by atoms with Crippen LogP contribution < -0.4 is 5.73 Å². The summed E-state index contributed by atoms with van der Waals surface area (Å²) < 4.78 is 0. The molecule has 0 spiro atoms. The third kappa shape index (κ3) is 2.51. The van der Waals surface area contributed by atoms with Crippen molar-refractivity contribution in [2.75, 3.05) is 0 Å². The number of fused-ring (bicyclic) bond motifs is 1. The zero-order chi connectivity index (χ0) is 14.8. The standard InChI is InChI=1S/C17H16N4/c1-2-14(19)17-20-15-8-7-13(9-16(15)21-17)12-5-3-11(10-18)4-6-12/h3-9,14H,2,19H2,1H3,(H,20,21). The largest absolute Gasteiger partial charge is 0.341 e. The second-order valence-electron chi connectivity index (χ2n) is 5.06. The van der Waals surface area contributed by atoms with E-state index in [-0.39, 0.29) is 6.04 Å². The van der Waals surface area contributed by atoms with E-state index in [0.717, 1.165) is 34.4 Å². The van der Waals surface area contributed by atoms with Crippen molar-refractivity contribution in [3.8, 4) is 17.2 Å². The number of hydrogen-bond acceptors (Lipinski definition) is 3. The number of aromatic nitrogens is 2. The summed E-state index contributed by atoms with van der Waals surface area (Å²) in [6.45, 7) is 2.04. The number of rotatable bonds is 3. The first-order chi connectivity index (χ1) is 10.2. The third-order valence-corrected chi connectivity index (χ3v) is 3.64. The highest BCUT2D eigenvalue weighted by Crippen LogP contribution is 2.25. The second-order valence-corrected chi connectivity index (χ2v) is 5.06. The van der Waals surface area contributed by atoms with Crippen LogP contribution in [0, 0.1) is 11.3 Å². The van der Waals surface area contributed by atoms with Crippen LogP contribution in [0.15, 0.2) is 42.5 Å². The molecule has 0 amide bonds. The lowest BCUT2D eigenvalue weighted by Crippen LogP contribution is -2.10. The van der Waals surface area contributed by atoms with E-state index >= 15 is 0 Å². The fraction of sp³-hybridized carbons (Fsp3) is 0.176. The highest BCUT2D eigenvalue weighted by Gasteiger charge is 2.10. The summed E-state index contributed by atoms with van der Waals surface area (Å²) in [5.74, 6) is 0.824. The molecule has 1 aromatic heterocycles. The van der Waals surface area contributed by atoms with Crippen molar-refractivity contribution in [1.82, 2.24) is 9.97 Å². The predicted octanol–water partition coefficient (Wildman–Crippen LogP) is 3.51. The van der Waals surface area contributed by atoms with Crippen LogP contribution in [-0.4, -0.2) is 9.97 Å². The first-order valence-electron chi connectivity index (χ1n) is 6.97. The molecule has 0 aliphatic rings. The second kappa shape index (κ2) is 5.39.